The van der Waals surface area contributed by atoms with Crippen LogP contribution in [0.15, 0.2) is 0 Å². The molecule has 1 N–H and O–H groups in total. The molecule has 0 aromatic heterocycles. The molecule has 1 heterocycles. The van der Waals surface area contributed by atoms with E-state index in [0.29, 0.717) is 0 Å². The predicted molar refractivity (Wildman–Crippen MR) is 40.9 cm³/mol. The standard InChI is InChI=1S/C7H13N.ClH/c1-2-6-4-8-5-7(6)3-1;/h6-8H,1-5H2;1H/t6-,7-;/m0./s1. The summed E-state index contributed by atoms with van der Waals surface area (Å²) < 4.78 is 0. The van der Waals surface area contributed by atoms with E-state index in [-0.39, 0.29) is 12.4 Å². The van der Waals surface area contributed by atoms with Gasteiger partial charge in [-0.25, -0.2) is 0 Å². The minimum Gasteiger partial charge on any atom is -0.316 e. The van der Waals surface area contributed by atoms with Crippen LogP contribution in [0.4, 0.5) is 0 Å². The second kappa shape index (κ2) is 2.89. The first-order valence-corrected chi connectivity index (χ1v) is 3.67. The average molecular weight is 148 g/mol. The second-order valence-corrected chi connectivity index (χ2v) is 3.11. The van der Waals surface area contributed by atoms with Gasteiger partial charge in [-0.1, -0.05) is 6.42 Å². The highest BCUT2D eigenvalue weighted by molar-refractivity contribution is 5.85. The minimum absolute atomic E-state index is 0. The fourth-order valence-corrected chi connectivity index (χ4v) is 2.11. The summed E-state index contributed by atoms with van der Waals surface area (Å²) in [4.78, 5) is 0. The van der Waals surface area contributed by atoms with Gasteiger partial charge in [0, 0.05) is 0 Å². The topological polar surface area (TPSA) is 12.0 Å². The van der Waals surface area contributed by atoms with Crippen LogP contribution in [0.5, 0.6) is 0 Å². The van der Waals surface area contributed by atoms with Crippen molar-refractivity contribution in [2.75, 3.05) is 13.1 Å². The van der Waals surface area contributed by atoms with Gasteiger partial charge in [-0.2, -0.15) is 0 Å². The highest BCUT2D eigenvalue weighted by atomic mass is 35.5. The largest absolute Gasteiger partial charge is 0.316 e. The molecule has 0 bridgehead atoms. The van der Waals surface area contributed by atoms with E-state index in [1.54, 1.807) is 0 Å². The van der Waals surface area contributed by atoms with Crippen LogP contribution in [0.2, 0.25) is 0 Å². The van der Waals surface area contributed by atoms with Crippen LogP contribution in [0.25, 0.3) is 0 Å². The Morgan fingerprint density at radius 3 is 2.11 bits per heavy atom. The lowest BCUT2D eigenvalue weighted by atomic mass is 10.0. The van der Waals surface area contributed by atoms with Crippen molar-refractivity contribution in [3.63, 3.8) is 0 Å². The molecule has 0 aromatic rings. The van der Waals surface area contributed by atoms with E-state index in [1.807, 2.05) is 0 Å². The highest BCUT2D eigenvalue weighted by Crippen LogP contribution is 2.33. The molecule has 0 unspecified atom stereocenters. The van der Waals surface area contributed by atoms with E-state index in [2.05, 4.69) is 5.32 Å². The Morgan fingerprint density at radius 2 is 1.56 bits per heavy atom. The first-order valence-electron chi connectivity index (χ1n) is 3.67. The van der Waals surface area contributed by atoms with Crippen LogP contribution in [0.3, 0.4) is 0 Å². The lowest BCUT2D eigenvalue weighted by molar-refractivity contribution is 0.494. The molecule has 0 radical (unpaired) electrons. The van der Waals surface area contributed by atoms with Crippen LogP contribution in [0.1, 0.15) is 19.3 Å². The maximum atomic E-state index is 3.42. The summed E-state index contributed by atoms with van der Waals surface area (Å²) in [7, 11) is 0. The average Bonchev–Trinajstić information content (AvgIpc) is 2.15. The summed E-state index contributed by atoms with van der Waals surface area (Å²) in [5, 5.41) is 3.42. The number of fused-ring (bicyclic) bond motifs is 1. The minimum atomic E-state index is 0. The molecule has 0 spiro atoms. The van der Waals surface area contributed by atoms with E-state index in [4.69, 9.17) is 0 Å². The van der Waals surface area contributed by atoms with Gasteiger partial charge in [-0.05, 0) is 37.8 Å². The molecule has 2 heteroatoms. The van der Waals surface area contributed by atoms with Crippen molar-refractivity contribution in [2.24, 2.45) is 11.8 Å². The van der Waals surface area contributed by atoms with E-state index in [0.717, 1.165) is 11.8 Å². The van der Waals surface area contributed by atoms with Crippen LogP contribution in [0, 0.1) is 11.8 Å². The zero-order valence-electron chi connectivity index (χ0n) is 5.60. The lowest BCUT2D eigenvalue weighted by Crippen LogP contribution is -2.08. The number of halogens is 1. The van der Waals surface area contributed by atoms with Crippen molar-refractivity contribution in [3.8, 4) is 0 Å². The molecule has 0 aromatic carbocycles. The molecule has 1 saturated heterocycles. The Morgan fingerprint density at radius 1 is 1.00 bits per heavy atom. The number of nitrogens with one attached hydrogen (secondary N) is 1. The van der Waals surface area contributed by atoms with E-state index in [9.17, 15) is 0 Å². The molecule has 2 fully saturated rings. The van der Waals surface area contributed by atoms with Crippen molar-refractivity contribution < 1.29 is 0 Å². The van der Waals surface area contributed by atoms with E-state index < -0.39 is 0 Å². The van der Waals surface area contributed by atoms with E-state index >= 15 is 0 Å². The van der Waals surface area contributed by atoms with Crippen LogP contribution >= 0.6 is 12.4 Å². The monoisotopic (exact) mass is 147 g/mol. The quantitative estimate of drug-likeness (QED) is 0.547. The smallest absolute Gasteiger partial charge is 0.00173 e. The fraction of sp³-hybridized carbons (Fsp3) is 1.00. The third kappa shape index (κ3) is 1.22. The molecule has 9 heavy (non-hydrogen) atoms. The number of hydrogen-bond donors (Lipinski definition) is 1. The molecule has 1 aliphatic carbocycles. The molecule has 1 aliphatic heterocycles. The number of hydrogen-bond acceptors (Lipinski definition) is 1. The Balaban J connectivity index is 0.000000405. The molecular weight excluding hydrogens is 134 g/mol. The third-order valence-electron chi connectivity index (χ3n) is 2.63. The van der Waals surface area contributed by atoms with Crippen molar-refractivity contribution in [1.82, 2.24) is 5.32 Å². The molecule has 2 rings (SSSR count). The summed E-state index contributed by atoms with van der Waals surface area (Å²) in [6.45, 7) is 2.62. The lowest BCUT2D eigenvalue weighted by Gasteiger charge is -2.02. The fourth-order valence-electron chi connectivity index (χ4n) is 2.11. The maximum Gasteiger partial charge on any atom is -0.00173 e. The van der Waals surface area contributed by atoms with Crippen LogP contribution in [-0.4, -0.2) is 13.1 Å². The highest BCUT2D eigenvalue weighted by Gasteiger charge is 2.30. The molecule has 1 saturated carbocycles. The maximum absolute atomic E-state index is 3.42. The normalized spacial score (nSPS) is 40.0. The van der Waals surface area contributed by atoms with Gasteiger partial charge >= 0.3 is 0 Å². The second-order valence-electron chi connectivity index (χ2n) is 3.11. The van der Waals surface area contributed by atoms with Gasteiger partial charge in [-0.3, -0.25) is 0 Å². The first-order chi connectivity index (χ1) is 3.97. The van der Waals surface area contributed by atoms with Crippen molar-refractivity contribution in [1.29, 1.82) is 0 Å². The summed E-state index contributed by atoms with van der Waals surface area (Å²) >= 11 is 0. The van der Waals surface area contributed by atoms with Gasteiger partial charge in [0.15, 0.2) is 0 Å². The van der Waals surface area contributed by atoms with Gasteiger partial charge in [-0.15, -0.1) is 12.4 Å². The Labute approximate surface area is 62.6 Å². The number of rotatable bonds is 0. The Kier molecular flexibility index (Phi) is 2.36. The van der Waals surface area contributed by atoms with Gasteiger partial charge in [0.1, 0.15) is 0 Å². The zero-order valence-corrected chi connectivity index (χ0v) is 6.41. The predicted octanol–water partition coefficient (Wildman–Crippen LogP) is 1.43. The van der Waals surface area contributed by atoms with Crippen LogP contribution < -0.4 is 5.32 Å². The first kappa shape index (κ1) is 7.36. The van der Waals surface area contributed by atoms with Gasteiger partial charge < -0.3 is 5.32 Å². The summed E-state index contributed by atoms with van der Waals surface area (Å²) in [5.41, 5.74) is 0. The molecule has 2 aliphatic rings. The Bertz CT molecular complexity index is 74.9. The van der Waals surface area contributed by atoms with E-state index in [1.165, 1.54) is 32.4 Å². The van der Waals surface area contributed by atoms with Gasteiger partial charge in [0.05, 0.1) is 0 Å². The van der Waals surface area contributed by atoms with Gasteiger partial charge in [0.2, 0.25) is 0 Å². The van der Waals surface area contributed by atoms with Crippen molar-refractivity contribution >= 4 is 12.4 Å². The molecule has 2 atom stereocenters. The molecular formula is C7H14ClN. The van der Waals surface area contributed by atoms with Gasteiger partial charge in [0.25, 0.3) is 0 Å². The molecule has 54 valence electrons. The summed E-state index contributed by atoms with van der Waals surface area (Å²) in [6, 6.07) is 0. The summed E-state index contributed by atoms with van der Waals surface area (Å²) in [6.07, 6.45) is 4.49. The Hall–Kier alpha value is 0.250. The molecule has 0 amide bonds. The van der Waals surface area contributed by atoms with Crippen molar-refractivity contribution in [2.45, 2.75) is 19.3 Å². The SMILES string of the molecule is C1C[C@H]2CNC[C@@H]2C1.Cl. The van der Waals surface area contributed by atoms with Crippen LogP contribution in [-0.2, 0) is 0 Å². The van der Waals surface area contributed by atoms with Crippen molar-refractivity contribution in [3.05, 3.63) is 0 Å². The molecule has 1 nitrogen and oxygen atoms in total. The third-order valence-corrected chi connectivity index (χ3v) is 2.63. The summed E-state index contributed by atoms with van der Waals surface area (Å²) in [5.74, 6) is 2.13. The zero-order chi connectivity index (χ0) is 5.40.